The number of benzene rings is 1. The third-order valence-corrected chi connectivity index (χ3v) is 4.65. The van der Waals surface area contributed by atoms with Crippen molar-refractivity contribution in [3.63, 3.8) is 0 Å². The number of hydrogen-bond acceptors (Lipinski definition) is 4. The lowest BCUT2D eigenvalue weighted by atomic mass is 10.1. The molecule has 2 heterocycles. The highest BCUT2D eigenvalue weighted by atomic mass is 16.5. The molecule has 1 fully saturated rings. The Balaban J connectivity index is 1.48. The normalized spacial score (nSPS) is 15.4. The van der Waals surface area contributed by atoms with E-state index in [4.69, 9.17) is 4.74 Å². The van der Waals surface area contributed by atoms with Crippen molar-refractivity contribution in [3.05, 3.63) is 48.0 Å². The van der Waals surface area contributed by atoms with Gasteiger partial charge in [0.15, 0.2) is 0 Å². The lowest BCUT2D eigenvalue weighted by Gasteiger charge is -2.34. The van der Waals surface area contributed by atoms with Crippen LogP contribution in [-0.4, -0.2) is 64.6 Å². The average Bonchev–Trinajstić information content (AvgIpc) is 3.06. The summed E-state index contributed by atoms with van der Waals surface area (Å²) in [7, 11) is 0. The van der Waals surface area contributed by atoms with Crippen LogP contribution in [0.3, 0.4) is 0 Å². The van der Waals surface area contributed by atoms with Crippen molar-refractivity contribution < 1.29 is 9.53 Å². The van der Waals surface area contributed by atoms with Crippen LogP contribution < -0.4 is 4.74 Å². The molecule has 25 heavy (non-hydrogen) atoms. The van der Waals surface area contributed by atoms with Crippen LogP contribution in [0, 0.1) is 6.92 Å². The van der Waals surface area contributed by atoms with Gasteiger partial charge in [-0.2, -0.15) is 0 Å². The van der Waals surface area contributed by atoms with Gasteiger partial charge in [-0.15, -0.1) is 0 Å². The lowest BCUT2D eigenvalue weighted by Crippen LogP contribution is -2.49. The molecule has 134 valence electrons. The molecule has 3 rings (SSSR count). The number of aromatic nitrogens is 2. The standard InChI is InChI=1S/C19H26N4O2/c1-3-25-18-6-4-17(5-7-18)19(24)23-14-11-21(12-15-23)10-13-22-9-8-20-16(22)2/h4-9H,3,10-15H2,1-2H3. The largest absolute Gasteiger partial charge is 0.494 e. The van der Waals surface area contributed by atoms with Crippen LogP contribution in [0.15, 0.2) is 36.7 Å². The van der Waals surface area contributed by atoms with E-state index in [0.717, 1.165) is 56.4 Å². The quantitative estimate of drug-likeness (QED) is 0.806. The second kappa shape index (κ2) is 8.16. The van der Waals surface area contributed by atoms with Gasteiger partial charge < -0.3 is 14.2 Å². The molecule has 6 nitrogen and oxygen atoms in total. The van der Waals surface area contributed by atoms with E-state index in [0.29, 0.717) is 6.61 Å². The maximum atomic E-state index is 12.6. The predicted molar refractivity (Wildman–Crippen MR) is 96.9 cm³/mol. The molecular formula is C19H26N4O2. The van der Waals surface area contributed by atoms with Gasteiger partial charge >= 0.3 is 0 Å². The van der Waals surface area contributed by atoms with Crippen LogP contribution in [0.25, 0.3) is 0 Å². The van der Waals surface area contributed by atoms with Gasteiger partial charge in [0, 0.05) is 57.2 Å². The first-order valence-corrected chi connectivity index (χ1v) is 8.89. The highest BCUT2D eigenvalue weighted by Crippen LogP contribution is 2.15. The van der Waals surface area contributed by atoms with Crippen molar-refractivity contribution in [2.45, 2.75) is 20.4 Å². The number of nitrogens with zero attached hydrogens (tertiary/aromatic N) is 4. The molecule has 0 spiro atoms. The zero-order valence-corrected chi connectivity index (χ0v) is 15.0. The first kappa shape index (κ1) is 17.5. The molecule has 1 saturated heterocycles. The molecule has 0 aliphatic carbocycles. The maximum Gasteiger partial charge on any atom is 0.253 e. The van der Waals surface area contributed by atoms with Gasteiger partial charge in [0.25, 0.3) is 5.91 Å². The third kappa shape index (κ3) is 4.39. The van der Waals surface area contributed by atoms with E-state index < -0.39 is 0 Å². The van der Waals surface area contributed by atoms with Crippen molar-refractivity contribution >= 4 is 5.91 Å². The molecule has 2 aromatic rings. The molecule has 1 aromatic heterocycles. The number of hydrogen-bond donors (Lipinski definition) is 0. The zero-order valence-electron chi connectivity index (χ0n) is 15.0. The summed E-state index contributed by atoms with van der Waals surface area (Å²) in [5.74, 6) is 1.95. The molecule has 1 aliphatic heterocycles. The molecule has 0 radical (unpaired) electrons. The molecular weight excluding hydrogens is 316 g/mol. The van der Waals surface area contributed by atoms with Gasteiger partial charge in [-0.1, -0.05) is 0 Å². The van der Waals surface area contributed by atoms with Crippen LogP contribution in [0.2, 0.25) is 0 Å². The molecule has 0 N–H and O–H groups in total. The van der Waals surface area contributed by atoms with Crippen LogP contribution in [0.4, 0.5) is 0 Å². The van der Waals surface area contributed by atoms with Gasteiger partial charge in [0.1, 0.15) is 11.6 Å². The number of imidazole rings is 1. The lowest BCUT2D eigenvalue weighted by molar-refractivity contribution is 0.0633. The highest BCUT2D eigenvalue weighted by Gasteiger charge is 2.22. The number of aryl methyl sites for hydroxylation is 1. The number of carbonyl (C=O) groups excluding carboxylic acids is 1. The number of piperazine rings is 1. The summed E-state index contributed by atoms with van der Waals surface area (Å²) in [6, 6.07) is 7.42. The van der Waals surface area contributed by atoms with Crippen LogP contribution >= 0.6 is 0 Å². The molecule has 6 heteroatoms. The van der Waals surface area contributed by atoms with Crippen molar-refractivity contribution in [3.8, 4) is 5.75 Å². The number of carbonyl (C=O) groups is 1. The summed E-state index contributed by atoms with van der Waals surface area (Å²) >= 11 is 0. The maximum absolute atomic E-state index is 12.6. The van der Waals surface area contributed by atoms with Crippen molar-refractivity contribution in [2.75, 3.05) is 39.3 Å². The van der Waals surface area contributed by atoms with Crippen LogP contribution in [-0.2, 0) is 6.54 Å². The summed E-state index contributed by atoms with van der Waals surface area (Å²) in [5.41, 5.74) is 0.728. The monoisotopic (exact) mass is 342 g/mol. The molecule has 0 saturated carbocycles. The summed E-state index contributed by atoms with van der Waals surface area (Å²) in [4.78, 5) is 21.2. The molecule has 0 bridgehead atoms. The van der Waals surface area contributed by atoms with Crippen molar-refractivity contribution in [1.29, 1.82) is 0 Å². The summed E-state index contributed by atoms with van der Waals surface area (Å²) in [5, 5.41) is 0. The van der Waals surface area contributed by atoms with Gasteiger partial charge in [-0.05, 0) is 38.1 Å². The first-order chi connectivity index (χ1) is 12.2. The van der Waals surface area contributed by atoms with Gasteiger partial charge in [0.2, 0.25) is 0 Å². The van der Waals surface area contributed by atoms with Crippen LogP contribution in [0.1, 0.15) is 23.1 Å². The Morgan fingerprint density at radius 1 is 1.12 bits per heavy atom. The Kier molecular flexibility index (Phi) is 5.71. The minimum atomic E-state index is 0.105. The minimum absolute atomic E-state index is 0.105. The van der Waals surface area contributed by atoms with Gasteiger partial charge in [-0.3, -0.25) is 9.69 Å². The first-order valence-electron chi connectivity index (χ1n) is 8.89. The molecule has 0 unspecified atom stereocenters. The molecule has 1 aliphatic rings. The van der Waals surface area contributed by atoms with Gasteiger partial charge in [-0.25, -0.2) is 4.98 Å². The second-order valence-corrected chi connectivity index (χ2v) is 6.26. The topological polar surface area (TPSA) is 50.6 Å². The smallest absolute Gasteiger partial charge is 0.253 e. The van der Waals surface area contributed by atoms with E-state index in [1.54, 1.807) is 0 Å². The Labute approximate surface area is 149 Å². The zero-order chi connectivity index (χ0) is 17.6. The SMILES string of the molecule is CCOc1ccc(C(=O)N2CCN(CCn3ccnc3C)CC2)cc1. The van der Waals surface area contributed by atoms with E-state index in [9.17, 15) is 4.79 Å². The fraction of sp³-hybridized carbons (Fsp3) is 0.474. The Morgan fingerprint density at radius 2 is 1.84 bits per heavy atom. The van der Waals surface area contributed by atoms with E-state index >= 15 is 0 Å². The third-order valence-electron chi connectivity index (χ3n) is 4.65. The second-order valence-electron chi connectivity index (χ2n) is 6.26. The predicted octanol–water partition coefficient (Wildman–Crippen LogP) is 2.05. The van der Waals surface area contributed by atoms with Crippen LogP contribution in [0.5, 0.6) is 5.75 Å². The van der Waals surface area contributed by atoms with E-state index in [2.05, 4.69) is 14.5 Å². The molecule has 1 amide bonds. The molecule has 0 atom stereocenters. The Hall–Kier alpha value is -2.34. The molecule has 1 aromatic carbocycles. The van der Waals surface area contributed by atoms with E-state index in [-0.39, 0.29) is 5.91 Å². The number of ether oxygens (including phenoxy) is 1. The average molecular weight is 342 g/mol. The fourth-order valence-corrected chi connectivity index (χ4v) is 3.11. The number of rotatable bonds is 6. The minimum Gasteiger partial charge on any atom is -0.494 e. The van der Waals surface area contributed by atoms with Crippen molar-refractivity contribution in [1.82, 2.24) is 19.4 Å². The highest BCUT2D eigenvalue weighted by molar-refractivity contribution is 5.94. The Morgan fingerprint density at radius 3 is 2.44 bits per heavy atom. The van der Waals surface area contributed by atoms with E-state index in [1.165, 1.54) is 0 Å². The summed E-state index contributed by atoms with van der Waals surface area (Å²) in [6.07, 6.45) is 3.85. The fourth-order valence-electron chi connectivity index (χ4n) is 3.11. The summed E-state index contributed by atoms with van der Waals surface area (Å²) < 4.78 is 7.59. The van der Waals surface area contributed by atoms with Gasteiger partial charge in [0.05, 0.1) is 6.61 Å². The summed E-state index contributed by atoms with van der Waals surface area (Å²) in [6.45, 7) is 9.91. The van der Waals surface area contributed by atoms with Crippen molar-refractivity contribution in [2.24, 2.45) is 0 Å². The number of amides is 1. The van der Waals surface area contributed by atoms with E-state index in [1.807, 2.05) is 55.4 Å². The Bertz CT molecular complexity index is 688.